The van der Waals surface area contributed by atoms with Gasteiger partial charge in [-0.25, -0.2) is 0 Å². The monoisotopic (exact) mass is 222 g/mol. The van der Waals surface area contributed by atoms with E-state index < -0.39 is 0 Å². The van der Waals surface area contributed by atoms with Crippen LogP contribution < -0.4 is 5.32 Å². The van der Waals surface area contributed by atoms with E-state index >= 15 is 0 Å². The first-order valence-corrected chi connectivity index (χ1v) is 6.47. The summed E-state index contributed by atoms with van der Waals surface area (Å²) >= 11 is 0. The summed E-state index contributed by atoms with van der Waals surface area (Å²) in [5.41, 5.74) is 0. The molecule has 3 heteroatoms. The fourth-order valence-electron chi connectivity index (χ4n) is 2.25. The second kappa shape index (κ2) is 5.48. The summed E-state index contributed by atoms with van der Waals surface area (Å²) in [5.74, 6) is 0.322. The number of likely N-dealkylation sites (tertiary alicyclic amines) is 1. The van der Waals surface area contributed by atoms with Gasteiger partial charge in [0.05, 0.1) is 6.04 Å². The van der Waals surface area contributed by atoms with Gasteiger partial charge in [-0.15, -0.1) is 0 Å². The van der Waals surface area contributed by atoms with E-state index in [0.29, 0.717) is 11.9 Å². The van der Waals surface area contributed by atoms with Gasteiger partial charge in [0.25, 0.3) is 0 Å². The standard InChI is InChI=1S/C13H22N2O/c1-2-3-4-9-15-10-5-6-12(13(15)16)14-11-7-8-11/h2-3,11-12,14H,4-10H2,1H3/b3-2+. The van der Waals surface area contributed by atoms with E-state index in [9.17, 15) is 4.79 Å². The quantitative estimate of drug-likeness (QED) is 0.718. The maximum Gasteiger partial charge on any atom is 0.239 e. The van der Waals surface area contributed by atoms with Crippen LogP contribution in [0, 0.1) is 0 Å². The van der Waals surface area contributed by atoms with Crippen molar-refractivity contribution in [2.24, 2.45) is 0 Å². The molecule has 0 bridgehead atoms. The van der Waals surface area contributed by atoms with Crippen LogP contribution in [0.4, 0.5) is 0 Å². The fourth-order valence-corrected chi connectivity index (χ4v) is 2.25. The van der Waals surface area contributed by atoms with Crippen molar-refractivity contribution in [2.75, 3.05) is 13.1 Å². The molecular weight excluding hydrogens is 200 g/mol. The number of rotatable bonds is 5. The van der Waals surface area contributed by atoms with Gasteiger partial charge in [-0.05, 0) is 39.0 Å². The number of hydrogen-bond donors (Lipinski definition) is 1. The summed E-state index contributed by atoms with van der Waals surface area (Å²) in [6.45, 7) is 3.85. The molecule has 90 valence electrons. The highest BCUT2D eigenvalue weighted by molar-refractivity contribution is 5.82. The van der Waals surface area contributed by atoms with Crippen molar-refractivity contribution in [1.82, 2.24) is 10.2 Å². The summed E-state index contributed by atoms with van der Waals surface area (Å²) in [6.07, 6.45) is 9.84. The van der Waals surface area contributed by atoms with E-state index in [2.05, 4.69) is 11.4 Å². The summed E-state index contributed by atoms with van der Waals surface area (Å²) in [7, 11) is 0. The van der Waals surface area contributed by atoms with Gasteiger partial charge in [0.1, 0.15) is 0 Å². The lowest BCUT2D eigenvalue weighted by Gasteiger charge is -2.32. The molecule has 1 N–H and O–H groups in total. The lowest BCUT2D eigenvalue weighted by atomic mass is 10.0. The molecule has 16 heavy (non-hydrogen) atoms. The van der Waals surface area contributed by atoms with Crippen LogP contribution in [-0.4, -0.2) is 36.0 Å². The van der Waals surface area contributed by atoms with Crippen molar-refractivity contribution in [1.29, 1.82) is 0 Å². The summed E-state index contributed by atoms with van der Waals surface area (Å²) in [4.78, 5) is 14.1. The van der Waals surface area contributed by atoms with Crippen molar-refractivity contribution in [2.45, 2.75) is 51.1 Å². The molecule has 1 saturated heterocycles. The highest BCUT2D eigenvalue weighted by Gasteiger charge is 2.32. The summed E-state index contributed by atoms with van der Waals surface area (Å²) < 4.78 is 0. The van der Waals surface area contributed by atoms with Crippen molar-refractivity contribution in [3.63, 3.8) is 0 Å². The van der Waals surface area contributed by atoms with Gasteiger partial charge in [0.2, 0.25) is 5.91 Å². The highest BCUT2D eigenvalue weighted by atomic mass is 16.2. The first-order chi connectivity index (χ1) is 7.81. The molecule has 0 aromatic heterocycles. The second-order valence-electron chi connectivity index (χ2n) is 4.82. The maximum absolute atomic E-state index is 12.1. The highest BCUT2D eigenvalue weighted by Crippen LogP contribution is 2.22. The van der Waals surface area contributed by atoms with Crippen LogP contribution in [0.15, 0.2) is 12.2 Å². The van der Waals surface area contributed by atoms with E-state index in [4.69, 9.17) is 0 Å². The van der Waals surface area contributed by atoms with Gasteiger partial charge in [-0.1, -0.05) is 12.2 Å². The summed E-state index contributed by atoms with van der Waals surface area (Å²) in [5, 5.41) is 3.45. The van der Waals surface area contributed by atoms with E-state index in [1.807, 2.05) is 17.9 Å². The molecule has 1 atom stereocenters. The van der Waals surface area contributed by atoms with Crippen molar-refractivity contribution in [3.05, 3.63) is 12.2 Å². The van der Waals surface area contributed by atoms with Crippen LogP contribution >= 0.6 is 0 Å². The van der Waals surface area contributed by atoms with E-state index in [1.165, 1.54) is 12.8 Å². The zero-order chi connectivity index (χ0) is 11.4. The Morgan fingerprint density at radius 1 is 1.44 bits per heavy atom. The van der Waals surface area contributed by atoms with Crippen LogP contribution in [-0.2, 0) is 4.79 Å². The van der Waals surface area contributed by atoms with E-state index in [0.717, 1.165) is 32.4 Å². The predicted molar refractivity (Wildman–Crippen MR) is 65.2 cm³/mol. The molecule has 1 heterocycles. The van der Waals surface area contributed by atoms with Crippen molar-refractivity contribution < 1.29 is 4.79 Å². The third kappa shape index (κ3) is 3.08. The average Bonchev–Trinajstić information content (AvgIpc) is 3.08. The van der Waals surface area contributed by atoms with Gasteiger partial charge >= 0.3 is 0 Å². The summed E-state index contributed by atoms with van der Waals surface area (Å²) in [6, 6.07) is 0.733. The van der Waals surface area contributed by atoms with E-state index in [-0.39, 0.29) is 6.04 Å². The van der Waals surface area contributed by atoms with Crippen LogP contribution in [0.2, 0.25) is 0 Å². The smallest absolute Gasteiger partial charge is 0.239 e. The minimum absolute atomic E-state index is 0.104. The number of hydrogen-bond acceptors (Lipinski definition) is 2. The molecule has 0 spiro atoms. The molecular formula is C13H22N2O. The Kier molecular flexibility index (Phi) is 3.99. The molecule has 1 saturated carbocycles. The third-order valence-electron chi connectivity index (χ3n) is 3.35. The molecule has 0 aromatic rings. The molecule has 1 amide bonds. The van der Waals surface area contributed by atoms with Gasteiger partial charge in [-0.2, -0.15) is 0 Å². The zero-order valence-corrected chi connectivity index (χ0v) is 10.1. The lowest BCUT2D eigenvalue weighted by Crippen LogP contribution is -2.51. The Morgan fingerprint density at radius 2 is 2.25 bits per heavy atom. The fraction of sp³-hybridized carbons (Fsp3) is 0.769. The topological polar surface area (TPSA) is 32.3 Å². The van der Waals surface area contributed by atoms with Gasteiger partial charge in [0, 0.05) is 19.1 Å². The number of allylic oxidation sites excluding steroid dienone is 1. The van der Waals surface area contributed by atoms with E-state index in [1.54, 1.807) is 0 Å². The number of nitrogens with zero attached hydrogens (tertiary/aromatic N) is 1. The average molecular weight is 222 g/mol. The minimum Gasteiger partial charge on any atom is -0.341 e. The third-order valence-corrected chi connectivity index (χ3v) is 3.35. The molecule has 0 aromatic carbocycles. The lowest BCUT2D eigenvalue weighted by molar-refractivity contribution is -0.135. The zero-order valence-electron chi connectivity index (χ0n) is 10.1. The molecule has 3 nitrogen and oxygen atoms in total. The van der Waals surface area contributed by atoms with Gasteiger partial charge in [-0.3, -0.25) is 4.79 Å². The largest absolute Gasteiger partial charge is 0.341 e. The molecule has 1 aliphatic heterocycles. The Labute approximate surface area is 97.9 Å². The van der Waals surface area contributed by atoms with Crippen LogP contribution in [0.5, 0.6) is 0 Å². The molecule has 2 fully saturated rings. The molecule has 0 radical (unpaired) electrons. The van der Waals surface area contributed by atoms with Crippen LogP contribution in [0.1, 0.15) is 39.0 Å². The minimum atomic E-state index is 0.104. The number of carbonyl (C=O) groups is 1. The normalized spacial score (nSPS) is 26.7. The molecule has 2 rings (SSSR count). The Bertz CT molecular complexity index is 271. The number of amides is 1. The second-order valence-corrected chi connectivity index (χ2v) is 4.82. The first kappa shape index (κ1) is 11.6. The van der Waals surface area contributed by atoms with Crippen LogP contribution in [0.25, 0.3) is 0 Å². The maximum atomic E-state index is 12.1. The SMILES string of the molecule is C/C=C/CCN1CCCC(NC2CC2)C1=O. The van der Waals surface area contributed by atoms with Gasteiger partial charge in [0.15, 0.2) is 0 Å². The van der Waals surface area contributed by atoms with Crippen LogP contribution in [0.3, 0.4) is 0 Å². The number of nitrogens with one attached hydrogen (secondary N) is 1. The van der Waals surface area contributed by atoms with Gasteiger partial charge < -0.3 is 10.2 Å². The molecule has 1 unspecified atom stereocenters. The predicted octanol–water partition coefficient (Wildman–Crippen LogP) is 1.70. The van der Waals surface area contributed by atoms with Crippen molar-refractivity contribution in [3.8, 4) is 0 Å². The number of carbonyl (C=O) groups excluding carboxylic acids is 1. The molecule has 2 aliphatic rings. The Morgan fingerprint density at radius 3 is 2.94 bits per heavy atom. The first-order valence-electron chi connectivity index (χ1n) is 6.47. The Hall–Kier alpha value is -0.830. The molecule has 1 aliphatic carbocycles. The van der Waals surface area contributed by atoms with Crippen molar-refractivity contribution >= 4 is 5.91 Å². The number of piperidine rings is 1. The Balaban J connectivity index is 1.80.